The zero-order valence-electron chi connectivity index (χ0n) is 13.8. The zero-order valence-corrected chi connectivity index (χ0v) is 16.0. The third kappa shape index (κ3) is 4.76. The van der Waals surface area contributed by atoms with Crippen LogP contribution in [0.3, 0.4) is 0 Å². The number of carbonyl (C=O) groups is 1. The van der Waals surface area contributed by atoms with Crippen LogP contribution in [-0.2, 0) is 11.3 Å². The summed E-state index contributed by atoms with van der Waals surface area (Å²) >= 11 is 2.36. The molecule has 3 rings (SSSR count). The number of benzene rings is 1. The molecule has 1 aliphatic heterocycles. The third-order valence-electron chi connectivity index (χ3n) is 4.14. The first-order valence-corrected chi connectivity index (χ1v) is 9.38. The summed E-state index contributed by atoms with van der Waals surface area (Å²) in [4.78, 5) is 21.2. The monoisotopic (exact) mass is 468 g/mol. The van der Waals surface area contributed by atoms with Crippen molar-refractivity contribution < 1.29 is 14.3 Å². The Hall–Kier alpha value is -2.07. The Morgan fingerprint density at radius 3 is 2.88 bits per heavy atom. The van der Waals surface area contributed by atoms with Crippen LogP contribution in [0, 0.1) is 5.82 Å². The van der Waals surface area contributed by atoms with Gasteiger partial charge >= 0.3 is 5.97 Å². The highest BCUT2D eigenvalue weighted by Gasteiger charge is 2.32. The number of aromatic nitrogens is 2. The number of halogens is 2. The number of alkyl halides is 1. The summed E-state index contributed by atoms with van der Waals surface area (Å²) in [6, 6.07) is 7.02. The number of rotatable bonds is 6. The maximum atomic E-state index is 13.9. The van der Waals surface area contributed by atoms with Gasteiger partial charge in [0.15, 0.2) is 0 Å². The van der Waals surface area contributed by atoms with Crippen molar-refractivity contribution >= 4 is 40.5 Å². The van der Waals surface area contributed by atoms with Gasteiger partial charge in [-0.25, -0.2) is 14.2 Å². The smallest absolute Gasteiger partial charge is 0.328 e. The number of likely N-dealkylation sites (tertiary alicyclic amines) is 1. The predicted octanol–water partition coefficient (Wildman–Crippen LogP) is 3.16. The quantitative estimate of drug-likeness (QED) is 0.294. The van der Waals surface area contributed by atoms with Gasteiger partial charge in [0.05, 0.1) is 28.2 Å². The van der Waals surface area contributed by atoms with E-state index in [0.717, 1.165) is 19.0 Å². The number of hydrogen-bond donors (Lipinski definition) is 2. The molecule has 0 aliphatic carbocycles. The number of anilines is 1. The topological polar surface area (TPSA) is 78.3 Å². The van der Waals surface area contributed by atoms with Gasteiger partial charge in [-0.3, -0.25) is 9.88 Å². The van der Waals surface area contributed by atoms with Gasteiger partial charge < -0.3 is 10.4 Å². The first-order chi connectivity index (χ1) is 12.5. The Kier molecular flexibility index (Phi) is 6.15. The molecule has 0 spiro atoms. The lowest BCUT2D eigenvalue weighted by Gasteiger charge is -2.24. The van der Waals surface area contributed by atoms with E-state index in [1.54, 1.807) is 12.3 Å². The van der Waals surface area contributed by atoms with Gasteiger partial charge in [0.2, 0.25) is 0 Å². The number of aliphatic carboxylic acids is 1. The first-order valence-electron chi connectivity index (χ1n) is 8.14. The molecule has 2 N–H and O–H groups in total. The number of nitrogens with zero attached hydrogens (tertiary/aromatic N) is 3. The molecular formula is C18H18FIN4O2. The number of nitrogens with one attached hydrogen (secondary N) is 1. The largest absolute Gasteiger partial charge is 0.478 e. The molecule has 1 aromatic heterocycles. The van der Waals surface area contributed by atoms with Crippen molar-refractivity contribution in [3.05, 3.63) is 59.8 Å². The zero-order chi connectivity index (χ0) is 18.5. The van der Waals surface area contributed by atoms with E-state index in [4.69, 9.17) is 5.11 Å². The van der Waals surface area contributed by atoms with E-state index in [1.165, 1.54) is 18.3 Å². The number of carboxylic acids is 1. The van der Waals surface area contributed by atoms with Crippen molar-refractivity contribution in [3.63, 3.8) is 0 Å². The maximum absolute atomic E-state index is 13.9. The second-order valence-electron chi connectivity index (χ2n) is 5.97. The normalized spacial score (nSPS) is 20.5. The third-order valence-corrected chi connectivity index (χ3v) is 5.80. The highest BCUT2D eigenvalue weighted by molar-refractivity contribution is 14.1. The molecule has 2 heterocycles. The van der Waals surface area contributed by atoms with Crippen molar-refractivity contribution in [1.29, 1.82) is 0 Å². The van der Waals surface area contributed by atoms with E-state index in [9.17, 15) is 9.18 Å². The Morgan fingerprint density at radius 2 is 2.19 bits per heavy atom. The summed E-state index contributed by atoms with van der Waals surface area (Å²) < 4.78 is 14.1. The van der Waals surface area contributed by atoms with Crippen LogP contribution in [-0.4, -0.2) is 42.6 Å². The molecule has 8 heteroatoms. The second-order valence-corrected chi connectivity index (χ2v) is 7.25. The second kappa shape index (κ2) is 8.54. The van der Waals surface area contributed by atoms with Gasteiger partial charge in [0.1, 0.15) is 11.6 Å². The molecule has 1 unspecified atom stereocenters. The van der Waals surface area contributed by atoms with Crippen molar-refractivity contribution in [1.82, 2.24) is 14.9 Å². The van der Waals surface area contributed by atoms with Crippen LogP contribution in [0.15, 0.2) is 42.7 Å². The summed E-state index contributed by atoms with van der Waals surface area (Å²) in [5.41, 5.74) is 1.18. The highest BCUT2D eigenvalue weighted by atomic mass is 127. The first kappa shape index (κ1) is 18.7. The predicted molar refractivity (Wildman–Crippen MR) is 105 cm³/mol. The molecule has 136 valence electrons. The molecule has 6 nitrogen and oxygen atoms in total. The maximum Gasteiger partial charge on any atom is 0.328 e. The van der Waals surface area contributed by atoms with Gasteiger partial charge in [-0.1, -0.05) is 40.8 Å². The summed E-state index contributed by atoms with van der Waals surface area (Å²) in [5.74, 6) is -0.567. The fourth-order valence-corrected chi connectivity index (χ4v) is 3.83. The van der Waals surface area contributed by atoms with Crippen LogP contribution in [0.25, 0.3) is 6.08 Å². The molecule has 2 aromatic rings. The van der Waals surface area contributed by atoms with Gasteiger partial charge in [-0.2, -0.15) is 0 Å². The molecular weight excluding hydrogens is 450 g/mol. The standard InChI is InChI=1S/C18H18FIN4O2/c19-14-4-2-1-3-12(14)11-24-8-7-15(18(24)20)23-16-10-21-13(9-22-16)5-6-17(25)26/h1-6,9-10,15,18H,7-8,11H2,(H,22,23)(H,25,26)/t15-,18?/m1/s1. The SMILES string of the molecule is O=C(O)C=Cc1cnc(N[C@@H]2CCN(Cc3ccccc3F)C2I)cn1. The molecule has 0 saturated carbocycles. The van der Waals surface area contributed by atoms with Crippen LogP contribution in [0.2, 0.25) is 0 Å². The van der Waals surface area contributed by atoms with Crippen molar-refractivity contribution in [2.75, 3.05) is 11.9 Å². The van der Waals surface area contributed by atoms with Crippen LogP contribution >= 0.6 is 22.6 Å². The van der Waals surface area contributed by atoms with Crippen LogP contribution < -0.4 is 5.32 Å². The minimum atomic E-state index is -1.03. The summed E-state index contributed by atoms with van der Waals surface area (Å²) in [6.07, 6.45) is 6.45. The lowest BCUT2D eigenvalue weighted by Crippen LogP contribution is -2.33. The molecule has 1 saturated heterocycles. The van der Waals surface area contributed by atoms with Crippen LogP contribution in [0.1, 0.15) is 17.7 Å². The Morgan fingerprint density at radius 1 is 1.38 bits per heavy atom. The average molecular weight is 468 g/mol. The van der Waals surface area contributed by atoms with Gasteiger partial charge in [-0.05, 0) is 18.6 Å². The summed E-state index contributed by atoms with van der Waals surface area (Å²) in [5, 5.41) is 12.0. The Labute approximate surface area is 164 Å². The van der Waals surface area contributed by atoms with E-state index in [0.29, 0.717) is 23.6 Å². The molecule has 2 atom stereocenters. The minimum absolute atomic E-state index is 0.177. The van der Waals surface area contributed by atoms with Crippen molar-refractivity contribution in [2.24, 2.45) is 0 Å². The van der Waals surface area contributed by atoms with Crippen LogP contribution in [0.5, 0.6) is 0 Å². The number of hydrogen-bond acceptors (Lipinski definition) is 5. The molecule has 1 aromatic carbocycles. The molecule has 1 aliphatic rings. The Bertz CT molecular complexity index is 800. The highest BCUT2D eigenvalue weighted by Crippen LogP contribution is 2.28. The van der Waals surface area contributed by atoms with E-state index < -0.39 is 5.97 Å². The summed E-state index contributed by atoms with van der Waals surface area (Å²) in [6.45, 7) is 1.44. The van der Waals surface area contributed by atoms with E-state index in [2.05, 4.69) is 42.8 Å². The van der Waals surface area contributed by atoms with E-state index in [-0.39, 0.29) is 15.9 Å². The van der Waals surface area contributed by atoms with Crippen LogP contribution in [0.4, 0.5) is 10.2 Å². The van der Waals surface area contributed by atoms with Crippen molar-refractivity contribution in [3.8, 4) is 0 Å². The van der Waals surface area contributed by atoms with E-state index >= 15 is 0 Å². The fraction of sp³-hybridized carbons (Fsp3) is 0.278. The van der Waals surface area contributed by atoms with Gasteiger partial charge in [0, 0.05) is 24.7 Å². The molecule has 26 heavy (non-hydrogen) atoms. The fourth-order valence-electron chi connectivity index (χ4n) is 2.82. The molecule has 1 fully saturated rings. The van der Waals surface area contributed by atoms with Gasteiger partial charge in [-0.15, -0.1) is 0 Å². The van der Waals surface area contributed by atoms with Crippen molar-refractivity contribution in [2.45, 2.75) is 23.1 Å². The summed E-state index contributed by atoms with van der Waals surface area (Å²) in [7, 11) is 0. The lowest BCUT2D eigenvalue weighted by atomic mass is 10.2. The van der Waals surface area contributed by atoms with E-state index in [1.807, 2.05) is 12.1 Å². The number of carboxylic acid groups (broad SMARTS) is 1. The molecule has 0 radical (unpaired) electrons. The Balaban J connectivity index is 1.59. The molecule has 0 bridgehead atoms. The lowest BCUT2D eigenvalue weighted by molar-refractivity contribution is -0.131. The average Bonchev–Trinajstić information content (AvgIpc) is 2.96. The minimum Gasteiger partial charge on any atom is -0.478 e. The molecule has 0 amide bonds. The van der Waals surface area contributed by atoms with Gasteiger partial charge in [0.25, 0.3) is 0 Å².